The molecule has 0 aliphatic carbocycles. The molecule has 0 amide bonds. The van der Waals surface area contributed by atoms with Gasteiger partial charge in [0.05, 0.1) is 15.6 Å². The monoisotopic (exact) mass is 380 g/mol. The van der Waals surface area contributed by atoms with Gasteiger partial charge in [-0.05, 0) is 38.8 Å². The minimum Gasteiger partial charge on any atom is -0.454 e. The molecule has 0 saturated carbocycles. The van der Waals surface area contributed by atoms with Crippen LogP contribution >= 0.6 is 11.3 Å². The molecule has 8 heteroatoms. The Kier molecular flexibility index (Phi) is 4.21. The largest absolute Gasteiger partial charge is 0.454 e. The molecule has 0 atom stereocenters. The first-order chi connectivity index (χ1) is 11.9. The number of fused-ring (bicyclic) bond motifs is 1. The zero-order valence-corrected chi connectivity index (χ0v) is 15.8. The Morgan fingerprint density at radius 1 is 1.16 bits per heavy atom. The summed E-state index contributed by atoms with van der Waals surface area (Å²) in [5, 5.41) is 1.13. The molecule has 25 heavy (non-hydrogen) atoms. The summed E-state index contributed by atoms with van der Waals surface area (Å²) in [4.78, 5) is 6.14. The molecule has 2 aliphatic rings. The van der Waals surface area contributed by atoms with Crippen LogP contribution in [0.3, 0.4) is 0 Å². The molecule has 4 rings (SSSR count). The Morgan fingerprint density at radius 2 is 1.88 bits per heavy atom. The first-order valence-electron chi connectivity index (χ1n) is 8.29. The number of ether oxygens (including phenoxy) is 2. The van der Waals surface area contributed by atoms with Crippen LogP contribution in [0.4, 0.5) is 0 Å². The number of benzene rings is 1. The lowest BCUT2D eigenvalue weighted by molar-refractivity contribution is 0.174. The van der Waals surface area contributed by atoms with Gasteiger partial charge in [-0.3, -0.25) is 0 Å². The zero-order valence-electron chi connectivity index (χ0n) is 14.2. The van der Waals surface area contributed by atoms with Crippen molar-refractivity contribution in [2.75, 3.05) is 19.9 Å². The first-order valence-corrected chi connectivity index (χ1v) is 10.5. The highest BCUT2D eigenvalue weighted by molar-refractivity contribution is 7.89. The summed E-state index contributed by atoms with van der Waals surface area (Å²) in [7, 11) is -3.51. The fraction of sp³-hybridized carbons (Fsp3) is 0.471. The third-order valence-electron chi connectivity index (χ3n) is 4.83. The van der Waals surface area contributed by atoms with Crippen molar-refractivity contribution in [3.8, 4) is 11.5 Å². The minimum absolute atomic E-state index is 0.136. The van der Waals surface area contributed by atoms with Crippen LogP contribution in [0.5, 0.6) is 11.5 Å². The highest BCUT2D eigenvalue weighted by atomic mass is 32.2. The number of thiazole rings is 1. The van der Waals surface area contributed by atoms with Crippen LogP contribution in [0.25, 0.3) is 0 Å². The topological polar surface area (TPSA) is 68.7 Å². The number of rotatable bonds is 3. The van der Waals surface area contributed by atoms with Gasteiger partial charge in [-0.25, -0.2) is 13.4 Å². The van der Waals surface area contributed by atoms with E-state index in [-0.39, 0.29) is 11.7 Å². The summed E-state index contributed by atoms with van der Waals surface area (Å²) >= 11 is 1.73. The van der Waals surface area contributed by atoms with E-state index in [4.69, 9.17) is 9.47 Å². The van der Waals surface area contributed by atoms with E-state index in [0.29, 0.717) is 30.5 Å². The number of sulfonamides is 1. The van der Waals surface area contributed by atoms with Crippen molar-refractivity contribution in [3.63, 3.8) is 0 Å². The zero-order chi connectivity index (χ0) is 17.6. The highest BCUT2D eigenvalue weighted by Gasteiger charge is 2.32. The smallest absolute Gasteiger partial charge is 0.243 e. The molecule has 1 aromatic heterocycles. The summed E-state index contributed by atoms with van der Waals surface area (Å²) in [6, 6.07) is 4.79. The van der Waals surface area contributed by atoms with E-state index in [0.717, 1.165) is 23.5 Å². The van der Waals surface area contributed by atoms with Crippen LogP contribution in [0, 0.1) is 13.8 Å². The molecule has 0 unspecified atom stereocenters. The van der Waals surface area contributed by atoms with E-state index in [1.165, 1.54) is 4.88 Å². The van der Waals surface area contributed by atoms with E-state index in [2.05, 4.69) is 11.9 Å². The number of piperidine rings is 1. The van der Waals surface area contributed by atoms with Gasteiger partial charge in [0.25, 0.3) is 0 Å². The van der Waals surface area contributed by atoms with Gasteiger partial charge in [0, 0.05) is 30.0 Å². The third kappa shape index (κ3) is 3.02. The van der Waals surface area contributed by atoms with Gasteiger partial charge in [0.1, 0.15) is 0 Å². The van der Waals surface area contributed by atoms with Gasteiger partial charge < -0.3 is 9.47 Å². The fourth-order valence-electron chi connectivity index (χ4n) is 3.20. The SMILES string of the molecule is Cc1nc(C2CCN(S(=O)(=O)c3ccc4c(c3)OCO4)CC2)sc1C. The predicted molar refractivity (Wildman–Crippen MR) is 94.9 cm³/mol. The van der Waals surface area contributed by atoms with Gasteiger partial charge in [0.2, 0.25) is 16.8 Å². The molecule has 3 heterocycles. The van der Waals surface area contributed by atoms with Crippen molar-refractivity contribution in [2.45, 2.75) is 37.5 Å². The quantitative estimate of drug-likeness (QED) is 0.819. The fourth-order valence-corrected chi connectivity index (χ4v) is 5.78. The van der Waals surface area contributed by atoms with Crippen molar-refractivity contribution in [2.24, 2.45) is 0 Å². The molecular formula is C17H20N2O4S2. The Hall–Kier alpha value is -1.64. The first kappa shape index (κ1) is 16.8. The van der Waals surface area contributed by atoms with E-state index in [1.54, 1.807) is 33.8 Å². The van der Waals surface area contributed by atoms with Crippen LogP contribution in [0.2, 0.25) is 0 Å². The van der Waals surface area contributed by atoms with Gasteiger partial charge in [-0.2, -0.15) is 4.31 Å². The number of nitrogens with zero attached hydrogens (tertiary/aromatic N) is 2. The normalized spacial score (nSPS) is 18.6. The lowest BCUT2D eigenvalue weighted by atomic mass is 9.99. The lowest BCUT2D eigenvalue weighted by Gasteiger charge is -2.30. The molecule has 134 valence electrons. The van der Waals surface area contributed by atoms with E-state index < -0.39 is 10.0 Å². The van der Waals surface area contributed by atoms with Crippen molar-refractivity contribution in [3.05, 3.63) is 33.8 Å². The second-order valence-corrected chi connectivity index (χ2v) is 9.56. The highest BCUT2D eigenvalue weighted by Crippen LogP contribution is 2.37. The number of aryl methyl sites for hydroxylation is 2. The Balaban J connectivity index is 1.49. The lowest BCUT2D eigenvalue weighted by Crippen LogP contribution is -2.37. The Labute approximate surface area is 151 Å². The third-order valence-corrected chi connectivity index (χ3v) is 7.96. The van der Waals surface area contributed by atoms with E-state index >= 15 is 0 Å². The Bertz CT molecular complexity index is 880. The van der Waals surface area contributed by atoms with Crippen molar-refractivity contribution < 1.29 is 17.9 Å². The summed E-state index contributed by atoms with van der Waals surface area (Å²) in [5.74, 6) is 1.43. The second kappa shape index (κ2) is 6.26. The van der Waals surface area contributed by atoms with Crippen molar-refractivity contribution in [1.82, 2.24) is 9.29 Å². The molecule has 2 aliphatic heterocycles. The maximum absolute atomic E-state index is 12.9. The van der Waals surface area contributed by atoms with E-state index in [9.17, 15) is 8.42 Å². The van der Waals surface area contributed by atoms with Crippen LogP contribution in [-0.4, -0.2) is 37.6 Å². The minimum atomic E-state index is -3.51. The molecule has 0 spiro atoms. The molecule has 0 radical (unpaired) electrons. The average molecular weight is 380 g/mol. The van der Waals surface area contributed by atoms with Crippen LogP contribution in [-0.2, 0) is 10.0 Å². The molecule has 0 N–H and O–H groups in total. The second-order valence-electron chi connectivity index (χ2n) is 6.39. The summed E-state index contributed by atoms with van der Waals surface area (Å²) in [5.41, 5.74) is 1.08. The van der Waals surface area contributed by atoms with Gasteiger partial charge >= 0.3 is 0 Å². The van der Waals surface area contributed by atoms with Gasteiger partial charge in [0.15, 0.2) is 11.5 Å². The molecule has 1 fully saturated rings. The predicted octanol–water partition coefficient (Wildman–Crippen LogP) is 3.06. The molecule has 6 nitrogen and oxygen atoms in total. The molecule has 1 saturated heterocycles. The van der Waals surface area contributed by atoms with E-state index in [1.807, 2.05) is 6.92 Å². The van der Waals surface area contributed by atoms with Gasteiger partial charge in [-0.15, -0.1) is 11.3 Å². The molecular weight excluding hydrogens is 360 g/mol. The van der Waals surface area contributed by atoms with Crippen LogP contribution in [0.1, 0.15) is 34.3 Å². The molecule has 0 bridgehead atoms. The summed E-state index contributed by atoms with van der Waals surface area (Å²) < 4.78 is 37.9. The summed E-state index contributed by atoms with van der Waals surface area (Å²) in [6.45, 7) is 5.26. The molecule has 2 aromatic rings. The summed E-state index contributed by atoms with van der Waals surface area (Å²) in [6.07, 6.45) is 1.60. The number of aromatic nitrogens is 1. The Morgan fingerprint density at radius 3 is 2.56 bits per heavy atom. The van der Waals surface area contributed by atoms with Gasteiger partial charge in [-0.1, -0.05) is 0 Å². The molecule has 1 aromatic carbocycles. The van der Waals surface area contributed by atoms with Crippen LogP contribution < -0.4 is 9.47 Å². The van der Waals surface area contributed by atoms with Crippen LogP contribution in [0.15, 0.2) is 23.1 Å². The maximum atomic E-state index is 12.9. The average Bonchev–Trinajstić information content (AvgIpc) is 3.21. The van der Waals surface area contributed by atoms with Crippen molar-refractivity contribution in [1.29, 1.82) is 0 Å². The van der Waals surface area contributed by atoms with Crippen molar-refractivity contribution >= 4 is 21.4 Å². The number of hydrogen-bond donors (Lipinski definition) is 0. The number of hydrogen-bond acceptors (Lipinski definition) is 6. The maximum Gasteiger partial charge on any atom is 0.243 e. The standard InChI is InChI=1S/C17H20N2O4S2/c1-11-12(2)24-17(18-11)13-5-7-19(8-6-13)25(20,21)14-3-4-15-16(9-14)23-10-22-15/h3-4,9,13H,5-8,10H2,1-2H3.